The van der Waals surface area contributed by atoms with E-state index in [0.717, 1.165) is 34.8 Å². The summed E-state index contributed by atoms with van der Waals surface area (Å²) in [4.78, 5) is 16.0. The number of pyridine rings is 1. The first-order valence-corrected chi connectivity index (χ1v) is 9.22. The normalized spacial score (nSPS) is 12.5. The van der Waals surface area contributed by atoms with Crippen molar-refractivity contribution in [2.45, 2.75) is 13.3 Å². The number of ether oxygens (including phenoxy) is 2. The minimum absolute atomic E-state index is 0.418. The van der Waals surface area contributed by atoms with Crippen LogP contribution in [0, 0.1) is 0 Å². The summed E-state index contributed by atoms with van der Waals surface area (Å²) in [6.07, 6.45) is 2.42. The summed E-state index contributed by atoms with van der Waals surface area (Å²) in [6.45, 7) is 3.43. The van der Waals surface area contributed by atoms with Crippen LogP contribution in [0.15, 0.2) is 54.7 Å². The Labute approximate surface area is 163 Å². The molecule has 0 fully saturated rings. The molecule has 2 aromatic carbocycles. The van der Waals surface area contributed by atoms with Crippen LogP contribution in [-0.4, -0.2) is 24.0 Å². The van der Waals surface area contributed by atoms with E-state index in [0.29, 0.717) is 30.1 Å². The van der Waals surface area contributed by atoms with Gasteiger partial charge in [-0.05, 0) is 42.3 Å². The maximum atomic E-state index is 11.6. The number of carbonyl (C=O) groups excluding carboxylic acids is 1. The highest BCUT2D eigenvalue weighted by Crippen LogP contribution is 2.34. The van der Waals surface area contributed by atoms with Gasteiger partial charge in [-0.3, -0.25) is 9.78 Å². The van der Waals surface area contributed by atoms with E-state index in [1.807, 2.05) is 49.4 Å². The largest absolute Gasteiger partial charge is 0.490 e. The van der Waals surface area contributed by atoms with E-state index >= 15 is 0 Å². The second kappa shape index (κ2) is 7.60. The van der Waals surface area contributed by atoms with Crippen molar-refractivity contribution in [2.24, 2.45) is 5.73 Å². The molecule has 0 spiro atoms. The Balaban J connectivity index is 1.61. The van der Waals surface area contributed by atoms with Gasteiger partial charge in [0.1, 0.15) is 23.9 Å². The molecule has 142 valence electrons. The first-order chi connectivity index (χ1) is 13.6. The molecule has 0 aliphatic carbocycles. The van der Waals surface area contributed by atoms with Crippen molar-refractivity contribution in [2.75, 3.05) is 18.5 Å². The molecular weight excluding hydrogens is 354 g/mol. The monoisotopic (exact) mass is 375 g/mol. The van der Waals surface area contributed by atoms with E-state index in [9.17, 15) is 4.79 Å². The molecule has 28 heavy (non-hydrogen) atoms. The van der Waals surface area contributed by atoms with Gasteiger partial charge in [-0.25, -0.2) is 0 Å². The van der Waals surface area contributed by atoms with Crippen LogP contribution in [0.4, 0.5) is 5.69 Å². The number of hydrogen-bond acceptors (Lipinski definition) is 5. The van der Waals surface area contributed by atoms with E-state index in [1.165, 1.54) is 0 Å². The number of carbonyl (C=O) groups is 1. The zero-order valence-electron chi connectivity index (χ0n) is 15.6. The molecule has 1 aromatic heterocycles. The summed E-state index contributed by atoms with van der Waals surface area (Å²) in [5.74, 6) is 1.81. The third-order valence-electron chi connectivity index (χ3n) is 4.64. The third kappa shape index (κ3) is 3.62. The molecule has 6 nitrogen and oxygen atoms in total. The minimum atomic E-state index is -0.418. The summed E-state index contributed by atoms with van der Waals surface area (Å²) < 4.78 is 11.6. The summed E-state index contributed by atoms with van der Waals surface area (Å²) in [5, 5.41) is 3.30. The molecule has 0 atom stereocenters. The Morgan fingerprint density at radius 3 is 2.86 bits per heavy atom. The van der Waals surface area contributed by atoms with Gasteiger partial charge in [-0.2, -0.15) is 0 Å². The predicted molar refractivity (Wildman–Crippen MR) is 108 cm³/mol. The molecule has 1 aliphatic rings. The number of aryl methyl sites for hydroxylation is 1. The van der Waals surface area contributed by atoms with Crippen molar-refractivity contribution >= 4 is 11.6 Å². The van der Waals surface area contributed by atoms with Crippen molar-refractivity contribution < 1.29 is 14.3 Å². The Morgan fingerprint density at radius 1 is 1.18 bits per heavy atom. The first-order valence-electron chi connectivity index (χ1n) is 9.22. The molecule has 1 aliphatic heterocycles. The van der Waals surface area contributed by atoms with Crippen molar-refractivity contribution in [3.05, 3.63) is 65.9 Å². The van der Waals surface area contributed by atoms with E-state index in [4.69, 9.17) is 15.2 Å². The number of nitrogens with two attached hydrogens (primary N) is 1. The lowest BCUT2D eigenvalue weighted by atomic mass is 9.99. The Morgan fingerprint density at radius 2 is 2.04 bits per heavy atom. The molecular formula is C22H21N3O3. The van der Waals surface area contributed by atoms with E-state index in [-0.39, 0.29) is 0 Å². The van der Waals surface area contributed by atoms with Crippen LogP contribution < -0.4 is 20.5 Å². The molecule has 0 bridgehead atoms. The van der Waals surface area contributed by atoms with Crippen molar-refractivity contribution in [3.8, 4) is 28.5 Å². The Hall–Kier alpha value is -3.54. The van der Waals surface area contributed by atoms with E-state index < -0.39 is 5.91 Å². The van der Waals surface area contributed by atoms with Gasteiger partial charge in [-0.1, -0.05) is 13.0 Å². The molecule has 0 unspecified atom stereocenters. The van der Waals surface area contributed by atoms with Gasteiger partial charge in [0, 0.05) is 36.0 Å². The number of anilines is 1. The number of nitrogens with zero attached hydrogens (tertiary/aromatic N) is 1. The highest BCUT2D eigenvalue weighted by atomic mass is 16.5. The van der Waals surface area contributed by atoms with Crippen LogP contribution in [-0.2, 0) is 6.42 Å². The van der Waals surface area contributed by atoms with Crippen LogP contribution in [0.2, 0.25) is 0 Å². The molecule has 0 radical (unpaired) electrons. The molecule has 3 N–H and O–H groups in total. The number of primary amides is 1. The number of amides is 1. The topological polar surface area (TPSA) is 86.5 Å². The maximum Gasteiger partial charge on any atom is 0.248 e. The van der Waals surface area contributed by atoms with Crippen molar-refractivity contribution in [1.29, 1.82) is 0 Å². The SMILES string of the molecule is CCc1cc(-c2cc(Oc3ccc4c(c3)NCCO4)ccn2)ccc1C(N)=O. The number of aromatic nitrogens is 1. The molecule has 0 saturated carbocycles. The van der Waals surface area contributed by atoms with Crippen LogP contribution >= 0.6 is 0 Å². The van der Waals surface area contributed by atoms with Crippen LogP contribution in [0.3, 0.4) is 0 Å². The highest BCUT2D eigenvalue weighted by molar-refractivity contribution is 5.95. The van der Waals surface area contributed by atoms with Crippen molar-refractivity contribution in [1.82, 2.24) is 4.98 Å². The number of benzene rings is 2. The standard InChI is InChI=1S/C22H21N3O3/c1-2-14-11-15(3-5-18(14)22(23)26)19-12-17(7-8-24-19)28-16-4-6-21-20(13-16)25-9-10-27-21/h3-8,11-13,25H,2,9-10H2,1H3,(H2,23,26). The summed E-state index contributed by atoms with van der Waals surface area (Å²) >= 11 is 0. The average molecular weight is 375 g/mol. The first kappa shape index (κ1) is 17.9. The van der Waals surface area contributed by atoms with Gasteiger partial charge < -0.3 is 20.5 Å². The molecule has 4 rings (SSSR count). The summed E-state index contributed by atoms with van der Waals surface area (Å²) in [6, 6.07) is 14.9. The van der Waals surface area contributed by atoms with Gasteiger partial charge in [0.15, 0.2) is 0 Å². The maximum absolute atomic E-state index is 11.6. The highest BCUT2D eigenvalue weighted by Gasteiger charge is 2.12. The van der Waals surface area contributed by atoms with Gasteiger partial charge >= 0.3 is 0 Å². The van der Waals surface area contributed by atoms with Crippen LogP contribution in [0.25, 0.3) is 11.3 Å². The molecule has 0 saturated heterocycles. The lowest BCUT2D eigenvalue weighted by Gasteiger charge is -2.19. The number of hydrogen-bond donors (Lipinski definition) is 2. The molecule has 1 amide bonds. The zero-order valence-corrected chi connectivity index (χ0v) is 15.6. The van der Waals surface area contributed by atoms with Gasteiger partial charge in [-0.15, -0.1) is 0 Å². The van der Waals surface area contributed by atoms with E-state index in [2.05, 4.69) is 10.3 Å². The minimum Gasteiger partial charge on any atom is -0.490 e. The Kier molecular flexibility index (Phi) is 4.85. The number of nitrogens with one attached hydrogen (secondary N) is 1. The average Bonchev–Trinajstić information content (AvgIpc) is 2.73. The summed E-state index contributed by atoms with van der Waals surface area (Å²) in [7, 11) is 0. The lowest BCUT2D eigenvalue weighted by molar-refractivity contribution is 0.0999. The summed E-state index contributed by atoms with van der Waals surface area (Å²) in [5.41, 5.74) is 9.49. The fraction of sp³-hybridized carbons (Fsp3) is 0.182. The van der Waals surface area contributed by atoms with Crippen LogP contribution in [0.1, 0.15) is 22.8 Å². The Bertz CT molecular complexity index is 1030. The van der Waals surface area contributed by atoms with Crippen LogP contribution in [0.5, 0.6) is 17.2 Å². The third-order valence-corrected chi connectivity index (χ3v) is 4.64. The van der Waals surface area contributed by atoms with E-state index in [1.54, 1.807) is 12.3 Å². The number of fused-ring (bicyclic) bond motifs is 1. The predicted octanol–water partition coefficient (Wildman–Crippen LogP) is 4.01. The van der Waals surface area contributed by atoms with Gasteiger partial charge in [0.05, 0.1) is 11.4 Å². The molecule has 6 heteroatoms. The van der Waals surface area contributed by atoms with Gasteiger partial charge in [0.25, 0.3) is 0 Å². The smallest absolute Gasteiger partial charge is 0.248 e. The van der Waals surface area contributed by atoms with Gasteiger partial charge in [0.2, 0.25) is 5.91 Å². The molecule has 3 aromatic rings. The lowest BCUT2D eigenvalue weighted by Crippen LogP contribution is -2.17. The zero-order chi connectivity index (χ0) is 19.5. The fourth-order valence-corrected chi connectivity index (χ4v) is 3.24. The molecule has 2 heterocycles. The quantitative estimate of drug-likeness (QED) is 0.704. The van der Waals surface area contributed by atoms with Crippen molar-refractivity contribution in [3.63, 3.8) is 0 Å². The fourth-order valence-electron chi connectivity index (χ4n) is 3.24. The number of rotatable bonds is 5. The second-order valence-corrected chi connectivity index (χ2v) is 6.50. The second-order valence-electron chi connectivity index (χ2n) is 6.50.